The van der Waals surface area contributed by atoms with Crippen LogP contribution in [0.2, 0.25) is 0 Å². The Kier molecular flexibility index (Phi) is 12.0. The van der Waals surface area contributed by atoms with Crippen molar-refractivity contribution >= 4 is 29.6 Å². The SMILES string of the molecule is CN(C)C(=O)C(c1ccc(C(F)(F)F)cc1)n1cnc(NC(=O)[C@@H](CCCc2ccccc2)NC(=O)C(C)(C)NC(=O)OC(C)(C)C)c1. The molecule has 1 heterocycles. The molecular formula is C34H43F3N6O5. The van der Waals surface area contributed by atoms with Gasteiger partial charge in [-0.15, -0.1) is 0 Å². The molecule has 0 aliphatic heterocycles. The predicted molar refractivity (Wildman–Crippen MR) is 174 cm³/mol. The van der Waals surface area contributed by atoms with Crippen LogP contribution in [-0.4, -0.2) is 69.5 Å². The first-order valence-electron chi connectivity index (χ1n) is 15.4. The third kappa shape index (κ3) is 10.8. The highest BCUT2D eigenvalue weighted by Crippen LogP contribution is 2.31. The molecule has 2 atom stereocenters. The number of hydrogen-bond acceptors (Lipinski definition) is 6. The lowest BCUT2D eigenvalue weighted by Crippen LogP contribution is -2.58. The number of anilines is 1. The molecule has 4 amide bonds. The number of alkyl halides is 3. The zero-order valence-corrected chi connectivity index (χ0v) is 28.1. The lowest BCUT2D eigenvalue weighted by molar-refractivity contribution is -0.137. The summed E-state index contributed by atoms with van der Waals surface area (Å²) in [5.74, 6) is -1.61. The number of nitrogens with one attached hydrogen (secondary N) is 3. The lowest BCUT2D eigenvalue weighted by Gasteiger charge is -2.29. The number of rotatable bonds is 12. The normalized spacial score (nSPS) is 13.2. The van der Waals surface area contributed by atoms with Gasteiger partial charge in [0.15, 0.2) is 5.82 Å². The smallest absolute Gasteiger partial charge is 0.416 e. The number of imidazole rings is 1. The number of nitrogens with zero attached hydrogens (tertiary/aromatic N) is 3. The Bertz CT molecular complexity index is 1560. The quantitative estimate of drug-likeness (QED) is 0.238. The van der Waals surface area contributed by atoms with Crippen molar-refractivity contribution in [2.24, 2.45) is 0 Å². The van der Waals surface area contributed by atoms with Gasteiger partial charge in [0.05, 0.1) is 11.9 Å². The molecule has 1 aromatic heterocycles. The van der Waals surface area contributed by atoms with Crippen molar-refractivity contribution in [2.75, 3.05) is 19.4 Å². The van der Waals surface area contributed by atoms with E-state index in [1.807, 2.05) is 30.3 Å². The Morgan fingerprint density at radius 1 is 0.938 bits per heavy atom. The molecule has 0 aliphatic rings. The predicted octanol–water partition coefficient (Wildman–Crippen LogP) is 5.33. The van der Waals surface area contributed by atoms with E-state index in [9.17, 15) is 32.3 Å². The second-order valence-electron chi connectivity index (χ2n) is 13.1. The number of amides is 4. The molecule has 0 radical (unpaired) electrons. The second-order valence-corrected chi connectivity index (χ2v) is 13.1. The molecule has 3 N–H and O–H groups in total. The molecular weight excluding hydrogens is 629 g/mol. The van der Waals surface area contributed by atoms with E-state index in [0.29, 0.717) is 12.8 Å². The number of carbonyl (C=O) groups excluding carboxylic acids is 4. The van der Waals surface area contributed by atoms with Crippen LogP contribution in [0.1, 0.15) is 70.2 Å². The number of carbonyl (C=O) groups is 4. The van der Waals surface area contributed by atoms with Gasteiger partial charge in [-0.1, -0.05) is 42.5 Å². The molecule has 260 valence electrons. The summed E-state index contributed by atoms with van der Waals surface area (Å²) in [6, 6.07) is 11.7. The molecule has 1 unspecified atom stereocenters. The number of aryl methyl sites for hydroxylation is 1. The molecule has 48 heavy (non-hydrogen) atoms. The van der Waals surface area contributed by atoms with Gasteiger partial charge in [0.2, 0.25) is 17.7 Å². The molecule has 11 nitrogen and oxygen atoms in total. The fourth-order valence-corrected chi connectivity index (χ4v) is 4.68. The largest absolute Gasteiger partial charge is 0.444 e. The maximum Gasteiger partial charge on any atom is 0.416 e. The fourth-order valence-electron chi connectivity index (χ4n) is 4.68. The van der Waals surface area contributed by atoms with Gasteiger partial charge >= 0.3 is 12.3 Å². The second kappa shape index (κ2) is 15.3. The zero-order valence-electron chi connectivity index (χ0n) is 28.1. The number of benzene rings is 2. The van der Waals surface area contributed by atoms with Gasteiger partial charge in [0.1, 0.15) is 23.2 Å². The maximum atomic E-state index is 13.6. The van der Waals surface area contributed by atoms with Gasteiger partial charge in [0, 0.05) is 20.3 Å². The van der Waals surface area contributed by atoms with Crippen LogP contribution >= 0.6 is 0 Å². The van der Waals surface area contributed by atoms with Crippen molar-refractivity contribution in [3.8, 4) is 0 Å². The number of alkyl carbamates (subject to hydrolysis) is 1. The minimum atomic E-state index is -4.54. The maximum absolute atomic E-state index is 13.6. The van der Waals surface area contributed by atoms with Crippen LogP contribution in [0.15, 0.2) is 67.1 Å². The summed E-state index contributed by atoms with van der Waals surface area (Å²) >= 11 is 0. The van der Waals surface area contributed by atoms with E-state index in [4.69, 9.17) is 4.74 Å². The summed E-state index contributed by atoms with van der Waals surface area (Å²) in [7, 11) is 3.03. The Balaban J connectivity index is 1.82. The van der Waals surface area contributed by atoms with Crippen LogP contribution in [-0.2, 0) is 31.7 Å². The van der Waals surface area contributed by atoms with Crippen molar-refractivity contribution in [2.45, 2.75) is 83.3 Å². The molecule has 0 saturated heterocycles. The van der Waals surface area contributed by atoms with Gasteiger partial charge in [-0.05, 0) is 77.1 Å². The van der Waals surface area contributed by atoms with Crippen molar-refractivity contribution in [1.29, 1.82) is 0 Å². The zero-order chi connectivity index (χ0) is 35.9. The average Bonchev–Trinajstić information content (AvgIpc) is 3.43. The van der Waals surface area contributed by atoms with E-state index < -0.39 is 58.8 Å². The van der Waals surface area contributed by atoms with E-state index >= 15 is 0 Å². The molecule has 3 rings (SSSR count). The van der Waals surface area contributed by atoms with Crippen LogP contribution in [0.4, 0.5) is 23.8 Å². The van der Waals surface area contributed by atoms with Gasteiger partial charge in [-0.3, -0.25) is 14.4 Å². The van der Waals surface area contributed by atoms with Gasteiger partial charge in [0.25, 0.3) is 0 Å². The third-order valence-corrected chi connectivity index (χ3v) is 7.18. The fraction of sp³-hybridized carbons (Fsp3) is 0.441. The molecule has 14 heteroatoms. The molecule has 3 aromatic rings. The van der Waals surface area contributed by atoms with Crippen LogP contribution in [0.3, 0.4) is 0 Å². The molecule has 0 spiro atoms. The van der Waals surface area contributed by atoms with E-state index in [-0.39, 0.29) is 17.8 Å². The van der Waals surface area contributed by atoms with Crippen molar-refractivity contribution < 1.29 is 37.1 Å². The molecule has 0 fully saturated rings. The monoisotopic (exact) mass is 672 g/mol. The summed E-state index contributed by atoms with van der Waals surface area (Å²) < 4.78 is 46.2. The Hall–Kier alpha value is -4.88. The number of hydrogen-bond donors (Lipinski definition) is 3. The molecule has 0 bridgehead atoms. The summed E-state index contributed by atoms with van der Waals surface area (Å²) in [5, 5.41) is 7.93. The molecule has 2 aromatic carbocycles. The van der Waals surface area contributed by atoms with Crippen LogP contribution in [0, 0.1) is 0 Å². The Morgan fingerprint density at radius 3 is 2.12 bits per heavy atom. The average molecular weight is 673 g/mol. The van der Waals surface area contributed by atoms with Crippen molar-refractivity contribution in [3.05, 3.63) is 83.8 Å². The minimum Gasteiger partial charge on any atom is -0.444 e. The topological polar surface area (TPSA) is 135 Å². The summed E-state index contributed by atoms with van der Waals surface area (Å²) in [6.07, 6.45) is -1.26. The third-order valence-electron chi connectivity index (χ3n) is 7.18. The van der Waals surface area contributed by atoms with Crippen LogP contribution in [0.5, 0.6) is 0 Å². The highest BCUT2D eigenvalue weighted by Gasteiger charge is 2.35. The van der Waals surface area contributed by atoms with Gasteiger partial charge < -0.3 is 30.2 Å². The van der Waals surface area contributed by atoms with E-state index in [0.717, 1.165) is 17.7 Å². The Morgan fingerprint density at radius 2 is 1.56 bits per heavy atom. The standard InChI is InChI=1S/C34H43F3N6O5/c1-32(2,3)48-31(47)41-33(4,5)30(46)39-25(15-11-14-22-12-9-8-10-13-22)28(44)40-26-20-43(21-38-26)27(29(45)42(6)7)23-16-18-24(19-17-23)34(35,36)37/h8-10,12-13,16-21,25,27H,11,14-15H2,1-7H3,(H,39,46)(H,40,44)(H,41,47)/t25-,27?/m1/s1. The molecule has 0 aliphatic carbocycles. The van der Waals surface area contributed by atoms with E-state index in [1.54, 1.807) is 20.8 Å². The minimum absolute atomic E-state index is 0.0527. The van der Waals surface area contributed by atoms with Crippen LogP contribution in [0.25, 0.3) is 0 Å². The summed E-state index contributed by atoms with van der Waals surface area (Å²) in [6.45, 7) is 8.04. The number of likely N-dealkylation sites (N-methyl/N-ethyl adjacent to an activating group) is 1. The first-order valence-corrected chi connectivity index (χ1v) is 15.4. The number of aromatic nitrogens is 2. The molecule has 0 saturated carbocycles. The number of halogens is 3. The van der Waals surface area contributed by atoms with E-state index in [1.165, 1.54) is 62.1 Å². The van der Waals surface area contributed by atoms with Crippen molar-refractivity contribution in [1.82, 2.24) is 25.1 Å². The number of ether oxygens (including phenoxy) is 1. The van der Waals surface area contributed by atoms with Crippen LogP contribution < -0.4 is 16.0 Å². The van der Waals surface area contributed by atoms with Crippen molar-refractivity contribution in [3.63, 3.8) is 0 Å². The highest BCUT2D eigenvalue weighted by atomic mass is 19.4. The summed E-state index contributed by atoms with van der Waals surface area (Å²) in [5.41, 5.74) is -1.76. The van der Waals surface area contributed by atoms with Gasteiger partial charge in [-0.2, -0.15) is 13.2 Å². The first-order chi connectivity index (χ1) is 22.3. The Labute approximate surface area is 278 Å². The van der Waals surface area contributed by atoms with E-state index in [2.05, 4.69) is 20.9 Å². The highest BCUT2D eigenvalue weighted by molar-refractivity contribution is 5.98. The summed E-state index contributed by atoms with van der Waals surface area (Å²) in [4.78, 5) is 58.0. The lowest BCUT2D eigenvalue weighted by atomic mass is 10.0. The first kappa shape index (κ1) is 37.6. The van der Waals surface area contributed by atoms with Gasteiger partial charge in [-0.25, -0.2) is 9.78 Å².